The Kier molecular flexibility index (Phi) is 4.77. The predicted molar refractivity (Wildman–Crippen MR) is 85.0 cm³/mol. The molecule has 106 valence electrons. The maximum absolute atomic E-state index is 11.6. The fraction of sp³-hybridized carbons (Fsp3) is 0.286. The monoisotopic (exact) mass is 354 g/mol. The number of hydrogen-bond donors (Lipinski definition) is 1. The maximum atomic E-state index is 11.6. The van der Waals surface area contributed by atoms with Crippen LogP contribution in [0.15, 0.2) is 22.7 Å². The molecule has 6 heteroatoms. The summed E-state index contributed by atoms with van der Waals surface area (Å²) in [5, 5.41) is 3.96. The van der Waals surface area contributed by atoms with Crippen molar-refractivity contribution in [1.82, 2.24) is 4.98 Å². The van der Waals surface area contributed by atoms with Gasteiger partial charge in [-0.15, -0.1) is 0 Å². The number of carbonyl (C=O) groups excluding carboxylic acids is 1. The first-order chi connectivity index (χ1) is 9.55. The van der Waals surface area contributed by atoms with Crippen LogP contribution in [0.4, 0.5) is 10.8 Å². The number of rotatable bonds is 4. The Labute approximate surface area is 130 Å². The molecule has 0 aliphatic carbocycles. The van der Waals surface area contributed by atoms with Crippen molar-refractivity contribution in [2.45, 2.75) is 20.3 Å². The molecular formula is C14H15BrN2O2S. The van der Waals surface area contributed by atoms with Gasteiger partial charge >= 0.3 is 5.97 Å². The van der Waals surface area contributed by atoms with Gasteiger partial charge in [0, 0.05) is 10.2 Å². The van der Waals surface area contributed by atoms with Crippen LogP contribution >= 0.6 is 27.3 Å². The first-order valence-corrected chi connectivity index (χ1v) is 7.77. The van der Waals surface area contributed by atoms with Crippen LogP contribution in [0.1, 0.15) is 27.9 Å². The Morgan fingerprint density at radius 2 is 2.25 bits per heavy atom. The van der Waals surface area contributed by atoms with Gasteiger partial charge < -0.3 is 10.1 Å². The lowest BCUT2D eigenvalue weighted by atomic mass is 10.1. The van der Waals surface area contributed by atoms with Crippen molar-refractivity contribution in [2.24, 2.45) is 0 Å². The van der Waals surface area contributed by atoms with Crippen LogP contribution in [0.2, 0.25) is 0 Å². The molecule has 0 fully saturated rings. The Morgan fingerprint density at radius 3 is 2.90 bits per heavy atom. The van der Waals surface area contributed by atoms with Crippen LogP contribution in [0, 0.1) is 6.92 Å². The van der Waals surface area contributed by atoms with Crippen molar-refractivity contribution in [3.63, 3.8) is 0 Å². The summed E-state index contributed by atoms with van der Waals surface area (Å²) < 4.78 is 5.79. The zero-order valence-electron chi connectivity index (χ0n) is 11.5. The average molecular weight is 355 g/mol. The topological polar surface area (TPSA) is 51.2 Å². The summed E-state index contributed by atoms with van der Waals surface area (Å²) in [5.74, 6) is -0.348. The van der Waals surface area contributed by atoms with Gasteiger partial charge in [-0.25, -0.2) is 9.78 Å². The van der Waals surface area contributed by atoms with Crippen LogP contribution in [0.3, 0.4) is 0 Å². The first kappa shape index (κ1) is 15.0. The Bertz CT molecular complexity index is 640. The Hall–Kier alpha value is -1.40. The molecule has 0 aliphatic heterocycles. The summed E-state index contributed by atoms with van der Waals surface area (Å²) in [6.07, 6.45) is 0.913. The average Bonchev–Trinajstić information content (AvgIpc) is 2.80. The van der Waals surface area contributed by atoms with Gasteiger partial charge in [0.2, 0.25) is 0 Å². The van der Waals surface area contributed by atoms with E-state index in [9.17, 15) is 4.79 Å². The van der Waals surface area contributed by atoms with Crippen molar-refractivity contribution in [2.75, 3.05) is 12.4 Å². The lowest BCUT2D eigenvalue weighted by molar-refractivity contribution is 0.0605. The number of hydrogen-bond acceptors (Lipinski definition) is 5. The number of methoxy groups -OCH3 is 1. The van der Waals surface area contributed by atoms with Crippen molar-refractivity contribution in [1.29, 1.82) is 0 Å². The van der Waals surface area contributed by atoms with E-state index in [0.29, 0.717) is 15.7 Å². The number of thiazole rings is 1. The Morgan fingerprint density at radius 1 is 1.50 bits per heavy atom. The lowest BCUT2D eigenvalue weighted by Crippen LogP contribution is -1.99. The number of esters is 1. The number of nitrogens with one attached hydrogen (secondary N) is 1. The van der Waals surface area contributed by atoms with E-state index in [4.69, 9.17) is 4.74 Å². The van der Waals surface area contributed by atoms with Gasteiger partial charge in [-0.1, -0.05) is 34.2 Å². The second-order valence-corrected chi connectivity index (χ2v) is 6.12. The fourth-order valence-corrected chi connectivity index (χ4v) is 3.13. The molecule has 0 saturated carbocycles. The summed E-state index contributed by atoms with van der Waals surface area (Å²) in [4.78, 5) is 16.5. The van der Waals surface area contributed by atoms with E-state index < -0.39 is 0 Å². The summed E-state index contributed by atoms with van der Waals surface area (Å²) in [6.45, 7) is 3.90. The van der Waals surface area contributed by atoms with Crippen molar-refractivity contribution in [3.8, 4) is 0 Å². The molecule has 0 aliphatic rings. The molecule has 0 spiro atoms. The van der Waals surface area contributed by atoms with Gasteiger partial charge in [-0.3, -0.25) is 0 Å². The van der Waals surface area contributed by atoms with Crippen LogP contribution in [-0.4, -0.2) is 18.1 Å². The van der Waals surface area contributed by atoms with Crippen molar-refractivity contribution in [3.05, 3.63) is 38.8 Å². The van der Waals surface area contributed by atoms with Gasteiger partial charge in [0.25, 0.3) is 0 Å². The molecule has 0 saturated heterocycles. The van der Waals surface area contributed by atoms with Crippen molar-refractivity contribution >= 4 is 44.1 Å². The third-order valence-corrected chi connectivity index (χ3v) is 4.40. The summed E-state index contributed by atoms with van der Waals surface area (Å²) in [6, 6.07) is 6.05. The van der Waals surface area contributed by atoms with E-state index in [-0.39, 0.29) is 5.97 Å². The van der Waals surface area contributed by atoms with Gasteiger partial charge in [0.1, 0.15) is 4.88 Å². The minimum Gasteiger partial charge on any atom is -0.465 e. The minimum absolute atomic E-state index is 0.348. The standard InChI is InChI=1S/C14H15BrN2O2S/c1-4-9-7-10(15)5-6-11(9)17-14-16-8(2)12(20-14)13(18)19-3/h5-7H,4H2,1-3H3,(H,16,17). The van der Waals surface area contributed by atoms with Gasteiger partial charge in [-0.2, -0.15) is 0 Å². The van der Waals surface area contributed by atoms with E-state index in [1.165, 1.54) is 24.0 Å². The molecule has 1 aromatic heterocycles. The van der Waals surface area contributed by atoms with Crippen LogP contribution in [-0.2, 0) is 11.2 Å². The zero-order valence-corrected chi connectivity index (χ0v) is 13.9. The summed E-state index contributed by atoms with van der Waals surface area (Å²) in [5.41, 5.74) is 2.87. The van der Waals surface area contributed by atoms with Crippen molar-refractivity contribution < 1.29 is 9.53 Å². The van der Waals surface area contributed by atoms with Crippen LogP contribution < -0.4 is 5.32 Å². The SMILES string of the molecule is CCc1cc(Br)ccc1Nc1nc(C)c(C(=O)OC)s1. The molecule has 0 unspecified atom stereocenters. The van der Waals surface area contributed by atoms with Gasteiger partial charge in [0.15, 0.2) is 5.13 Å². The molecule has 2 rings (SSSR count). The van der Waals surface area contributed by atoms with E-state index in [2.05, 4.69) is 39.2 Å². The second-order valence-electron chi connectivity index (χ2n) is 4.21. The molecule has 0 atom stereocenters. The molecule has 1 heterocycles. The zero-order chi connectivity index (χ0) is 14.7. The van der Waals surface area contributed by atoms with E-state index in [1.807, 2.05) is 12.1 Å². The van der Waals surface area contributed by atoms with Crippen LogP contribution in [0.5, 0.6) is 0 Å². The van der Waals surface area contributed by atoms with E-state index in [1.54, 1.807) is 6.92 Å². The van der Waals surface area contributed by atoms with Gasteiger partial charge in [0.05, 0.1) is 12.8 Å². The maximum Gasteiger partial charge on any atom is 0.350 e. The quantitative estimate of drug-likeness (QED) is 0.831. The van der Waals surface area contributed by atoms with Gasteiger partial charge in [-0.05, 0) is 37.1 Å². The number of ether oxygens (including phenoxy) is 1. The number of halogens is 1. The number of aryl methyl sites for hydroxylation is 2. The number of anilines is 2. The van der Waals surface area contributed by atoms with E-state index in [0.717, 1.165) is 16.6 Å². The molecule has 1 aromatic carbocycles. The fourth-order valence-electron chi connectivity index (χ4n) is 1.82. The highest BCUT2D eigenvalue weighted by Crippen LogP contribution is 2.29. The highest BCUT2D eigenvalue weighted by Gasteiger charge is 2.16. The smallest absolute Gasteiger partial charge is 0.350 e. The molecule has 20 heavy (non-hydrogen) atoms. The summed E-state index contributed by atoms with van der Waals surface area (Å²) >= 11 is 4.77. The number of aromatic nitrogens is 1. The molecule has 4 nitrogen and oxygen atoms in total. The second kappa shape index (κ2) is 6.37. The number of benzene rings is 1. The number of carbonyl (C=O) groups is 1. The molecule has 0 radical (unpaired) electrons. The molecule has 0 bridgehead atoms. The molecule has 1 N–H and O–H groups in total. The minimum atomic E-state index is -0.348. The largest absolute Gasteiger partial charge is 0.465 e. The third-order valence-electron chi connectivity index (χ3n) is 2.86. The lowest BCUT2D eigenvalue weighted by Gasteiger charge is -2.08. The predicted octanol–water partition coefficient (Wildman–Crippen LogP) is 4.31. The van der Waals surface area contributed by atoms with Crippen LogP contribution in [0.25, 0.3) is 0 Å². The summed E-state index contributed by atoms with van der Waals surface area (Å²) in [7, 11) is 1.37. The first-order valence-electron chi connectivity index (χ1n) is 6.16. The Balaban J connectivity index is 2.29. The highest BCUT2D eigenvalue weighted by molar-refractivity contribution is 9.10. The molecule has 0 amide bonds. The molecular weight excluding hydrogens is 340 g/mol. The third kappa shape index (κ3) is 3.19. The normalized spacial score (nSPS) is 10.4. The van der Waals surface area contributed by atoms with E-state index >= 15 is 0 Å². The molecule has 2 aromatic rings. The highest BCUT2D eigenvalue weighted by atomic mass is 79.9. The number of nitrogens with zero attached hydrogens (tertiary/aromatic N) is 1.